The van der Waals surface area contributed by atoms with Gasteiger partial charge < -0.3 is 10.7 Å². The van der Waals surface area contributed by atoms with Gasteiger partial charge in [-0.15, -0.1) is 10.2 Å². The number of hydrogen-bond donors (Lipinski definition) is 3. The number of carbonyl (C=O) groups is 1. The van der Waals surface area contributed by atoms with Gasteiger partial charge in [0.15, 0.2) is 11.5 Å². The van der Waals surface area contributed by atoms with E-state index in [0.29, 0.717) is 18.1 Å². The van der Waals surface area contributed by atoms with Gasteiger partial charge in [-0.2, -0.15) is 11.8 Å². The number of carbonyl (C=O) groups excluding carboxylic acids is 1. The third-order valence-electron chi connectivity index (χ3n) is 2.11. The summed E-state index contributed by atoms with van der Waals surface area (Å²) >= 11 is 1.81. The number of hydrazine groups is 1. The number of nitrogens with one attached hydrogen (secondary N) is 2. The molecular weight excluding hydrogens is 238 g/mol. The van der Waals surface area contributed by atoms with Crippen molar-refractivity contribution in [3.05, 3.63) is 17.8 Å². The Kier molecular flexibility index (Phi) is 6.34. The number of amides is 1. The van der Waals surface area contributed by atoms with Crippen LogP contribution in [0.2, 0.25) is 0 Å². The van der Waals surface area contributed by atoms with Crippen LogP contribution in [0.25, 0.3) is 0 Å². The van der Waals surface area contributed by atoms with Gasteiger partial charge in [0.05, 0.1) is 0 Å². The Hall–Kier alpha value is -1.34. The molecule has 17 heavy (non-hydrogen) atoms. The first kappa shape index (κ1) is 13.7. The summed E-state index contributed by atoms with van der Waals surface area (Å²) in [5, 5.41) is 10.3. The monoisotopic (exact) mass is 255 g/mol. The first-order valence-electron chi connectivity index (χ1n) is 5.35. The van der Waals surface area contributed by atoms with Gasteiger partial charge in [-0.3, -0.25) is 4.79 Å². The molecule has 0 aliphatic heterocycles. The Bertz CT molecular complexity index is 343. The Morgan fingerprint density at radius 2 is 2.24 bits per heavy atom. The molecule has 94 valence electrons. The fraction of sp³-hybridized carbons (Fsp3) is 0.500. The molecule has 0 radical (unpaired) electrons. The Morgan fingerprint density at radius 3 is 2.82 bits per heavy atom. The zero-order chi connectivity index (χ0) is 12.5. The number of hydrogen-bond acceptors (Lipinski definition) is 6. The van der Waals surface area contributed by atoms with Crippen molar-refractivity contribution in [2.45, 2.75) is 12.8 Å². The fourth-order valence-corrected chi connectivity index (χ4v) is 1.69. The largest absolute Gasteiger partial charge is 0.351 e. The molecule has 1 aromatic rings. The number of aromatic nitrogens is 2. The van der Waals surface area contributed by atoms with Crippen LogP contribution in [0.15, 0.2) is 12.1 Å². The minimum atomic E-state index is -0.203. The van der Waals surface area contributed by atoms with Gasteiger partial charge in [-0.1, -0.05) is 0 Å². The third-order valence-corrected chi connectivity index (χ3v) is 2.80. The van der Waals surface area contributed by atoms with E-state index in [4.69, 9.17) is 5.84 Å². The van der Waals surface area contributed by atoms with E-state index < -0.39 is 0 Å². The van der Waals surface area contributed by atoms with Gasteiger partial charge in [0.2, 0.25) is 0 Å². The van der Waals surface area contributed by atoms with E-state index >= 15 is 0 Å². The molecule has 0 saturated heterocycles. The Balaban J connectivity index is 2.31. The smallest absolute Gasteiger partial charge is 0.271 e. The molecule has 0 spiro atoms. The summed E-state index contributed by atoms with van der Waals surface area (Å²) < 4.78 is 0. The van der Waals surface area contributed by atoms with Crippen LogP contribution in [0.5, 0.6) is 0 Å². The van der Waals surface area contributed by atoms with Crippen molar-refractivity contribution in [1.82, 2.24) is 15.5 Å². The second-order valence-electron chi connectivity index (χ2n) is 3.40. The number of unbranched alkanes of at least 4 members (excludes halogenated alkanes) is 1. The summed E-state index contributed by atoms with van der Waals surface area (Å²) in [6, 6.07) is 3.19. The summed E-state index contributed by atoms with van der Waals surface area (Å²) in [4.78, 5) is 11.6. The molecule has 0 aliphatic carbocycles. The third kappa shape index (κ3) is 5.01. The molecule has 4 N–H and O–H groups in total. The highest BCUT2D eigenvalue weighted by Crippen LogP contribution is 2.01. The lowest BCUT2D eigenvalue weighted by Crippen LogP contribution is -2.26. The number of rotatable bonds is 7. The molecule has 0 unspecified atom stereocenters. The van der Waals surface area contributed by atoms with Crippen molar-refractivity contribution in [2.75, 3.05) is 24.0 Å². The summed E-state index contributed by atoms with van der Waals surface area (Å²) in [5.74, 6) is 6.49. The first-order valence-corrected chi connectivity index (χ1v) is 6.75. The SMILES string of the molecule is CSCCCCNC(=O)c1ccc(NN)nn1. The standard InChI is InChI=1S/C10H17N5OS/c1-17-7-3-2-6-12-10(16)8-4-5-9(13-11)15-14-8/h4-5H,2-3,6-7,11H2,1H3,(H,12,16)(H,13,15). The molecule has 6 nitrogen and oxygen atoms in total. The van der Waals surface area contributed by atoms with E-state index in [1.54, 1.807) is 12.1 Å². The molecule has 1 aromatic heterocycles. The molecule has 0 atom stereocenters. The van der Waals surface area contributed by atoms with Crippen molar-refractivity contribution in [1.29, 1.82) is 0 Å². The van der Waals surface area contributed by atoms with Gasteiger partial charge in [-0.25, -0.2) is 5.84 Å². The first-order chi connectivity index (χ1) is 8.27. The van der Waals surface area contributed by atoms with Crippen LogP contribution in [-0.4, -0.2) is 34.7 Å². The van der Waals surface area contributed by atoms with Gasteiger partial charge in [0, 0.05) is 6.54 Å². The zero-order valence-electron chi connectivity index (χ0n) is 9.77. The van der Waals surface area contributed by atoms with Crippen LogP contribution >= 0.6 is 11.8 Å². The average Bonchev–Trinajstić information content (AvgIpc) is 2.38. The number of nitrogens with two attached hydrogens (primary N) is 1. The van der Waals surface area contributed by atoms with Gasteiger partial charge in [0.1, 0.15) is 0 Å². The predicted octanol–water partition coefficient (Wildman–Crippen LogP) is 0.635. The van der Waals surface area contributed by atoms with Crippen LogP contribution in [-0.2, 0) is 0 Å². The topological polar surface area (TPSA) is 92.9 Å². The summed E-state index contributed by atoms with van der Waals surface area (Å²) in [6.07, 6.45) is 4.15. The maximum atomic E-state index is 11.6. The Morgan fingerprint density at radius 1 is 1.41 bits per heavy atom. The number of nitrogen functional groups attached to an aromatic ring is 1. The number of anilines is 1. The number of nitrogens with zero attached hydrogens (tertiary/aromatic N) is 2. The predicted molar refractivity (Wildman–Crippen MR) is 69.8 cm³/mol. The molecule has 1 rings (SSSR count). The minimum absolute atomic E-state index is 0.203. The molecule has 0 fully saturated rings. The van der Waals surface area contributed by atoms with E-state index in [2.05, 4.69) is 27.2 Å². The molecular formula is C10H17N5OS. The quantitative estimate of drug-likeness (QED) is 0.376. The van der Waals surface area contributed by atoms with Gasteiger partial charge in [-0.05, 0) is 37.0 Å². The van der Waals surface area contributed by atoms with Crippen molar-refractivity contribution >= 4 is 23.5 Å². The average molecular weight is 255 g/mol. The zero-order valence-corrected chi connectivity index (χ0v) is 10.6. The molecule has 1 heterocycles. The minimum Gasteiger partial charge on any atom is -0.351 e. The van der Waals surface area contributed by atoms with E-state index in [-0.39, 0.29) is 5.91 Å². The van der Waals surface area contributed by atoms with Crippen LogP contribution in [0.4, 0.5) is 5.82 Å². The lowest BCUT2D eigenvalue weighted by Gasteiger charge is -2.04. The van der Waals surface area contributed by atoms with E-state index in [1.807, 2.05) is 11.8 Å². The summed E-state index contributed by atoms with van der Waals surface area (Å²) in [7, 11) is 0. The van der Waals surface area contributed by atoms with Crippen LogP contribution in [0.3, 0.4) is 0 Å². The molecule has 1 amide bonds. The highest BCUT2D eigenvalue weighted by atomic mass is 32.2. The van der Waals surface area contributed by atoms with E-state index in [1.165, 1.54) is 0 Å². The van der Waals surface area contributed by atoms with Crippen LogP contribution in [0.1, 0.15) is 23.3 Å². The molecule has 0 saturated carbocycles. The van der Waals surface area contributed by atoms with Crippen molar-refractivity contribution < 1.29 is 4.79 Å². The molecule has 0 aromatic carbocycles. The summed E-state index contributed by atoms with van der Waals surface area (Å²) in [5.41, 5.74) is 2.65. The second-order valence-corrected chi connectivity index (χ2v) is 4.39. The van der Waals surface area contributed by atoms with Crippen molar-refractivity contribution in [3.8, 4) is 0 Å². The van der Waals surface area contributed by atoms with Crippen LogP contribution in [0, 0.1) is 0 Å². The normalized spacial score (nSPS) is 10.0. The van der Waals surface area contributed by atoms with Crippen LogP contribution < -0.4 is 16.6 Å². The maximum absolute atomic E-state index is 11.6. The lowest BCUT2D eigenvalue weighted by atomic mass is 10.3. The highest BCUT2D eigenvalue weighted by Gasteiger charge is 2.06. The lowest BCUT2D eigenvalue weighted by molar-refractivity contribution is 0.0947. The van der Waals surface area contributed by atoms with Crippen molar-refractivity contribution in [3.63, 3.8) is 0 Å². The number of thioether (sulfide) groups is 1. The molecule has 7 heteroatoms. The van der Waals surface area contributed by atoms with Gasteiger partial charge in [0.25, 0.3) is 5.91 Å². The highest BCUT2D eigenvalue weighted by molar-refractivity contribution is 7.98. The summed E-state index contributed by atoms with van der Waals surface area (Å²) in [6.45, 7) is 0.665. The second kappa shape index (κ2) is 7.86. The molecule has 0 bridgehead atoms. The van der Waals surface area contributed by atoms with E-state index in [0.717, 1.165) is 18.6 Å². The van der Waals surface area contributed by atoms with E-state index in [9.17, 15) is 4.79 Å². The van der Waals surface area contributed by atoms with Gasteiger partial charge >= 0.3 is 0 Å². The van der Waals surface area contributed by atoms with Crippen molar-refractivity contribution in [2.24, 2.45) is 5.84 Å². The Labute approximate surface area is 105 Å². The molecule has 0 aliphatic rings. The maximum Gasteiger partial charge on any atom is 0.271 e. The fourth-order valence-electron chi connectivity index (χ4n) is 1.19.